The Balaban J connectivity index is 1.91. The molecule has 0 radical (unpaired) electrons. The van der Waals surface area contributed by atoms with Gasteiger partial charge in [0.05, 0.1) is 0 Å². The summed E-state index contributed by atoms with van der Waals surface area (Å²) in [4.78, 5) is 36.5. The molecule has 1 aliphatic rings. The minimum atomic E-state index is -0.777. The zero-order chi connectivity index (χ0) is 16.6. The van der Waals surface area contributed by atoms with Crippen molar-refractivity contribution < 1.29 is 9.32 Å². The number of aromatic nitrogens is 3. The number of nitrogens with one attached hydrogen (secondary N) is 1. The number of nitrogens with zero attached hydrogens (tertiary/aromatic N) is 4. The van der Waals surface area contributed by atoms with Gasteiger partial charge < -0.3 is 9.84 Å². The maximum atomic E-state index is 12.3. The first-order valence-corrected chi connectivity index (χ1v) is 6.99. The second-order valence-electron chi connectivity index (χ2n) is 5.34. The molecule has 1 N–H and O–H groups in total. The quantitative estimate of drug-likeness (QED) is 0.856. The smallest absolute Gasteiger partial charge is 0.331 e. The normalized spacial score (nSPS) is 13.6. The van der Waals surface area contributed by atoms with Gasteiger partial charge in [-0.2, -0.15) is 5.26 Å². The summed E-state index contributed by atoms with van der Waals surface area (Å²) >= 11 is 0. The highest BCUT2D eigenvalue weighted by Crippen LogP contribution is 2.33. The number of rotatable bonds is 4. The van der Waals surface area contributed by atoms with Gasteiger partial charge in [0.2, 0.25) is 5.91 Å². The fourth-order valence-electron chi connectivity index (χ4n) is 2.20. The fraction of sp³-hybridized carbons (Fsp3) is 0.357. The van der Waals surface area contributed by atoms with Gasteiger partial charge in [-0.3, -0.25) is 14.2 Å². The lowest BCUT2D eigenvalue weighted by Gasteiger charge is -2.09. The number of hydrogen-bond acceptors (Lipinski definition) is 6. The molecule has 1 aliphatic carbocycles. The largest absolute Gasteiger partial charge is 0.360 e. The Morgan fingerprint density at radius 2 is 2.26 bits per heavy atom. The highest BCUT2D eigenvalue weighted by molar-refractivity contribution is 5.89. The minimum Gasteiger partial charge on any atom is -0.360 e. The lowest BCUT2D eigenvalue weighted by molar-refractivity contribution is -0.116. The molecule has 0 unspecified atom stereocenters. The third-order valence-corrected chi connectivity index (χ3v) is 3.45. The Kier molecular flexibility index (Phi) is 3.57. The van der Waals surface area contributed by atoms with E-state index in [0.717, 1.165) is 17.4 Å². The molecule has 2 aromatic heterocycles. The molecule has 23 heavy (non-hydrogen) atoms. The van der Waals surface area contributed by atoms with Crippen LogP contribution in [0.2, 0.25) is 0 Å². The van der Waals surface area contributed by atoms with Crippen molar-refractivity contribution in [1.29, 1.82) is 5.26 Å². The average Bonchev–Trinajstić information content (AvgIpc) is 3.27. The summed E-state index contributed by atoms with van der Waals surface area (Å²) in [6.45, 7) is 1.17. The lowest BCUT2D eigenvalue weighted by atomic mass is 10.3. The van der Waals surface area contributed by atoms with Gasteiger partial charge in [0.15, 0.2) is 5.82 Å². The molecular weight excluding hydrogens is 302 g/mol. The van der Waals surface area contributed by atoms with E-state index in [-0.39, 0.29) is 17.4 Å². The zero-order valence-corrected chi connectivity index (χ0v) is 12.3. The van der Waals surface area contributed by atoms with Crippen LogP contribution < -0.4 is 16.6 Å². The molecule has 118 valence electrons. The van der Waals surface area contributed by atoms with Crippen LogP contribution in [0, 0.1) is 18.3 Å². The van der Waals surface area contributed by atoms with E-state index in [1.165, 1.54) is 16.8 Å². The predicted octanol–water partition coefficient (Wildman–Crippen LogP) is 0.152. The minimum absolute atomic E-state index is 0.0114. The van der Waals surface area contributed by atoms with Crippen LogP contribution in [-0.4, -0.2) is 20.2 Å². The molecule has 0 aliphatic heterocycles. The van der Waals surface area contributed by atoms with Crippen molar-refractivity contribution in [3.05, 3.63) is 44.4 Å². The summed E-state index contributed by atoms with van der Waals surface area (Å²) in [6.07, 6.45) is 2.89. The van der Waals surface area contributed by atoms with Gasteiger partial charge in [-0.15, -0.1) is 0 Å². The van der Waals surface area contributed by atoms with E-state index in [0.29, 0.717) is 5.76 Å². The van der Waals surface area contributed by atoms with Crippen molar-refractivity contribution in [3.8, 4) is 6.07 Å². The van der Waals surface area contributed by atoms with Crippen LogP contribution in [0.3, 0.4) is 0 Å². The van der Waals surface area contributed by atoms with E-state index in [1.54, 1.807) is 13.0 Å². The molecule has 2 aromatic rings. The first-order chi connectivity index (χ1) is 11.0. The van der Waals surface area contributed by atoms with E-state index in [2.05, 4.69) is 10.5 Å². The highest BCUT2D eigenvalue weighted by Gasteiger charge is 2.27. The van der Waals surface area contributed by atoms with Gasteiger partial charge in [-0.05, 0) is 19.8 Å². The lowest BCUT2D eigenvalue weighted by Crippen LogP contribution is -2.43. The van der Waals surface area contributed by atoms with Crippen molar-refractivity contribution in [1.82, 2.24) is 14.3 Å². The van der Waals surface area contributed by atoms with Gasteiger partial charge in [0, 0.05) is 18.3 Å². The third kappa shape index (κ3) is 2.91. The maximum Gasteiger partial charge on any atom is 0.331 e. The van der Waals surface area contributed by atoms with Crippen LogP contribution >= 0.6 is 0 Å². The Morgan fingerprint density at radius 1 is 1.52 bits per heavy atom. The molecule has 3 rings (SSSR count). The SMILES string of the molecule is Cc1cc(NC(=O)Cn2c(=O)c(C#N)cn(C3CC3)c2=O)no1. The van der Waals surface area contributed by atoms with Crippen LogP contribution in [0.15, 0.2) is 26.4 Å². The Morgan fingerprint density at radius 3 is 2.83 bits per heavy atom. The first kappa shape index (κ1) is 14.8. The molecule has 0 bridgehead atoms. The Bertz CT molecular complexity index is 926. The summed E-state index contributed by atoms with van der Waals surface area (Å²) in [5, 5.41) is 15.1. The molecule has 1 saturated carbocycles. The molecule has 1 fully saturated rings. The maximum absolute atomic E-state index is 12.3. The van der Waals surface area contributed by atoms with E-state index in [4.69, 9.17) is 9.78 Å². The van der Waals surface area contributed by atoms with Crippen molar-refractivity contribution in [3.63, 3.8) is 0 Å². The number of hydrogen-bond donors (Lipinski definition) is 1. The molecule has 9 nitrogen and oxygen atoms in total. The van der Waals surface area contributed by atoms with Crippen LogP contribution in [-0.2, 0) is 11.3 Å². The molecule has 0 spiro atoms. The first-order valence-electron chi connectivity index (χ1n) is 6.99. The van der Waals surface area contributed by atoms with Gasteiger partial charge in [-0.1, -0.05) is 5.16 Å². The zero-order valence-electron chi connectivity index (χ0n) is 12.3. The van der Waals surface area contributed by atoms with Gasteiger partial charge in [0.25, 0.3) is 5.56 Å². The van der Waals surface area contributed by atoms with Crippen LogP contribution in [0.1, 0.15) is 30.2 Å². The molecule has 9 heteroatoms. The molecule has 0 atom stereocenters. The van der Waals surface area contributed by atoms with E-state index in [1.807, 2.05) is 0 Å². The van der Waals surface area contributed by atoms with E-state index < -0.39 is 23.7 Å². The molecule has 2 heterocycles. The highest BCUT2D eigenvalue weighted by atomic mass is 16.5. The number of anilines is 1. The van der Waals surface area contributed by atoms with Crippen LogP contribution in [0.25, 0.3) is 0 Å². The van der Waals surface area contributed by atoms with Gasteiger partial charge in [0.1, 0.15) is 23.9 Å². The van der Waals surface area contributed by atoms with Gasteiger partial charge in [-0.25, -0.2) is 9.36 Å². The van der Waals surface area contributed by atoms with Crippen molar-refractivity contribution in [2.45, 2.75) is 32.4 Å². The summed E-state index contributed by atoms with van der Waals surface area (Å²) in [5.74, 6) is 0.106. The van der Waals surface area contributed by atoms with Crippen molar-refractivity contribution in [2.75, 3.05) is 5.32 Å². The van der Waals surface area contributed by atoms with Crippen LogP contribution in [0.5, 0.6) is 0 Å². The summed E-state index contributed by atoms with van der Waals surface area (Å²) in [7, 11) is 0. The summed E-state index contributed by atoms with van der Waals surface area (Å²) in [5.41, 5.74) is -1.54. The van der Waals surface area contributed by atoms with E-state index in [9.17, 15) is 14.4 Å². The second-order valence-corrected chi connectivity index (χ2v) is 5.34. The number of nitriles is 1. The van der Waals surface area contributed by atoms with Gasteiger partial charge >= 0.3 is 5.69 Å². The monoisotopic (exact) mass is 315 g/mol. The predicted molar refractivity (Wildman–Crippen MR) is 77.8 cm³/mol. The summed E-state index contributed by atoms with van der Waals surface area (Å²) in [6, 6.07) is 3.26. The number of carbonyl (C=O) groups excluding carboxylic acids is 1. The molecule has 0 saturated heterocycles. The van der Waals surface area contributed by atoms with Crippen LogP contribution in [0.4, 0.5) is 5.82 Å². The Labute approximate surface area is 129 Å². The van der Waals surface area contributed by atoms with Crippen molar-refractivity contribution >= 4 is 11.7 Å². The molecular formula is C14H13N5O4. The summed E-state index contributed by atoms with van der Waals surface area (Å²) < 4.78 is 6.92. The fourth-order valence-corrected chi connectivity index (χ4v) is 2.20. The molecule has 1 amide bonds. The number of carbonyl (C=O) groups is 1. The third-order valence-electron chi connectivity index (χ3n) is 3.45. The topological polar surface area (TPSA) is 123 Å². The average molecular weight is 315 g/mol. The number of amides is 1. The van der Waals surface area contributed by atoms with Crippen molar-refractivity contribution in [2.24, 2.45) is 0 Å². The number of aryl methyl sites for hydroxylation is 1. The Hall–Kier alpha value is -3.15. The second kappa shape index (κ2) is 5.57. The standard InChI is InChI=1S/C14H13N5O4/c1-8-4-11(17-23-8)16-12(20)7-19-13(21)9(5-15)6-18(14(19)22)10-2-3-10/h4,6,10H,2-3,7H2,1H3,(H,16,17,20). The molecule has 0 aromatic carbocycles. The van der Waals surface area contributed by atoms with E-state index >= 15 is 0 Å².